The lowest BCUT2D eigenvalue weighted by atomic mass is 9.95. The third-order valence-electron chi connectivity index (χ3n) is 7.16. The van der Waals surface area contributed by atoms with Crippen molar-refractivity contribution in [1.29, 1.82) is 0 Å². The summed E-state index contributed by atoms with van der Waals surface area (Å²) < 4.78 is 11.1. The molecule has 10 heteroatoms. The number of ether oxygens (including phenoxy) is 2. The maximum Gasteiger partial charge on any atom is 0.408 e. The van der Waals surface area contributed by atoms with Crippen LogP contribution >= 0.6 is 0 Å². The Balaban J connectivity index is 2.58. The van der Waals surface area contributed by atoms with Gasteiger partial charge in [-0.15, -0.1) is 0 Å². The second kappa shape index (κ2) is 15.8. The first-order valence-electron chi connectivity index (χ1n) is 15.5. The molecule has 0 saturated carbocycles. The van der Waals surface area contributed by atoms with Gasteiger partial charge in [-0.25, -0.2) is 9.59 Å². The number of likely N-dealkylation sites (N-methyl/N-ethyl adjacent to an activating group) is 1. The van der Waals surface area contributed by atoms with Gasteiger partial charge in [0, 0.05) is 13.0 Å². The minimum atomic E-state index is -1.20. The van der Waals surface area contributed by atoms with Crippen LogP contribution in [-0.4, -0.2) is 63.7 Å². The summed E-state index contributed by atoms with van der Waals surface area (Å²) >= 11 is 0. The number of benzene rings is 2. The molecule has 4 atom stereocenters. The molecule has 0 bridgehead atoms. The molecule has 2 rings (SSSR count). The number of aryl methyl sites for hydroxylation is 1. The van der Waals surface area contributed by atoms with E-state index >= 15 is 0 Å². The van der Waals surface area contributed by atoms with E-state index in [1.54, 1.807) is 67.5 Å². The first-order chi connectivity index (χ1) is 20.9. The molecule has 0 aliphatic carbocycles. The topological polar surface area (TPSA) is 134 Å². The third kappa shape index (κ3) is 11.4. The van der Waals surface area contributed by atoms with Gasteiger partial charge in [-0.2, -0.15) is 0 Å². The Hall–Kier alpha value is -4.08. The lowest BCUT2D eigenvalue weighted by Gasteiger charge is -2.36. The zero-order valence-electron chi connectivity index (χ0n) is 28.4. The van der Waals surface area contributed by atoms with Crippen LogP contribution in [0.25, 0.3) is 0 Å². The van der Waals surface area contributed by atoms with Crippen LogP contribution in [0.2, 0.25) is 0 Å². The predicted octanol–water partition coefficient (Wildman–Crippen LogP) is 5.60. The molecule has 0 radical (unpaired) electrons. The van der Waals surface area contributed by atoms with E-state index in [0.29, 0.717) is 17.5 Å². The summed E-state index contributed by atoms with van der Waals surface area (Å²) in [5, 5.41) is 15.8. The third-order valence-corrected chi connectivity index (χ3v) is 7.16. The van der Waals surface area contributed by atoms with Crippen molar-refractivity contribution in [2.45, 2.75) is 111 Å². The zero-order valence-corrected chi connectivity index (χ0v) is 28.4. The van der Waals surface area contributed by atoms with Gasteiger partial charge < -0.3 is 30.1 Å². The number of esters is 1. The fourth-order valence-corrected chi connectivity index (χ4v) is 4.75. The average Bonchev–Trinajstić information content (AvgIpc) is 2.93. The van der Waals surface area contributed by atoms with Gasteiger partial charge in [-0.05, 0) is 90.1 Å². The summed E-state index contributed by atoms with van der Waals surface area (Å²) in [6.45, 7) is 17.7. The summed E-state index contributed by atoms with van der Waals surface area (Å²) in [4.78, 5) is 56.2. The summed E-state index contributed by atoms with van der Waals surface area (Å²) in [7, 11) is 0. The minimum absolute atomic E-state index is 0.0343. The molecule has 0 heterocycles. The fraction of sp³-hybridized carbons (Fsp3) is 0.543. The first kappa shape index (κ1) is 37.1. The summed E-state index contributed by atoms with van der Waals surface area (Å²) in [5.74, 6) is -1.97. The number of nitrogens with zero attached hydrogens (tertiary/aromatic N) is 1. The quantitative estimate of drug-likeness (QED) is 0.262. The normalized spacial score (nSPS) is 14.4. The van der Waals surface area contributed by atoms with E-state index in [9.17, 15) is 24.3 Å². The van der Waals surface area contributed by atoms with Gasteiger partial charge in [-0.1, -0.05) is 56.7 Å². The van der Waals surface area contributed by atoms with Gasteiger partial charge in [0.05, 0.1) is 0 Å². The van der Waals surface area contributed by atoms with Crippen molar-refractivity contribution in [1.82, 2.24) is 15.5 Å². The SMILES string of the molecule is CCC(C)C(NC(=O)OC(C)(C)C)C(=O)N(CC)C(C(=O)NC(Cc1ccccc1)C(=O)OC(C)(C)C)c1ccc(O)c(C)c1. The number of aromatic hydroxyl groups is 1. The van der Waals surface area contributed by atoms with E-state index in [0.717, 1.165) is 5.56 Å². The molecule has 0 aliphatic rings. The van der Waals surface area contributed by atoms with Crippen LogP contribution in [0.4, 0.5) is 4.79 Å². The Morgan fingerprint density at radius 3 is 2.00 bits per heavy atom. The van der Waals surface area contributed by atoms with Crippen LogP contribution < -0.4 is 10.6 Å². The molecule has 0 aromatic heterocycles. The smallest absolute Gasteiger partial charge is 0.408 e. The van der Waals surface area contributed by atoms with Crippen molar-refractivity contribution < 1.29 is 33.8 Å². The van der Waals surface area contributed by atoms with Crippen LogP contribution in [0.1, 0.15) is 91.5 Å². The van der Waals surface area contributed by atoms with Crippen molar-refractivity contribution in [3.05, 3.63) is 65.2 Å². The highest BCUT2D eigenvalue weighted by Crippen LogP contribution is 2.28. The van der Waals surface area contributed by atoms with Crippen LogP contribution in [0.15, 0.2) is 48.5 Å². The highest BCUT2D eigenvalue weighted by molar-refractivity contribution is 5.94. The number of rotatable bonds is 12. The lowest BCUT2D eigenvalue weighted by molar-refractivity contribution is -0.159. The van der Waals surface area contributed by atoms with Gasteiger partial charge >= 0.3 is 12.1 Å². The molecule has 4 unspecified atom stereocenters. The van der Waals surface area contributed by atoms with Crippen molar-refractivity contribution in [3.8, 4) is 5.75 Å². The van der Waals surface area contributed by atoms with Crippen LogP contribution in [0.3, 0.4) is 0 Å². The maximum atomic E-state index is 14.3. The Kier molecular flexibility index (Phi) is 13.0. The number of carbonyl (C=O) groups is 4. The molecule has 2 aromatic carbocycles. The summed E-state index contributed by atoms with van der Waals surface area (Å²) in [5.41, 5.74) is 0.173. The number of phenolic OH excluding ortho intramolecular Hbond substituents is 1. The first-order valence-corrected chi connectivity index (χ1v) is 15.5. The molecule has 3 amide bonds. The maximum absolute atomic E-state index is 14.3. The van der Waals surface area contributed by atoms with Crippen molar-refractivity contribution in [2.75, 3.05) is 6.54 Å². The molecular weight excluding hydrogens is 574 g/mol. The van der Waals surface area contributed by atoms with Gasteiger partial charge in [0.15, 0.2) is 0 Å². The van der Waals surface area contributed by atoms with E-state index < -0.39 is 53.2 Å². The molecule has 45 heavy (non-hydrogen) atoms. The van der Waals surface area contributed by atoms with Gasteiger partial charge in [0.25, 0.3) is 0 Å². The van der Waals surface area contributed by atoms with Crippen molar-refractivity contribution >= 4 is 23.9 Å². The second-order valence-corrected chi connectivity index (χ2v) is 13.4. The molecule has 2 aromatic rings. The Bertz CT molecular complexity index is 1310. The second-order valence-electron chi connectivity index (χ2n) is 13.4. The highest BCUT2D eigenvalue weighted by atomic mass is 16.6. The predicted molar refractivity (Wildman–Crippen MR) is 174 cm³/mol. The fourth-order valence-electron chi connectivity index (χ4n) is 4.75. The highest BCUT2D eigenvalue weighted by Gasteiger charge is 2.39. The molecule has 0 saturated heterocycles. The van der Waals surface area contributed by atoms with Crippen LogP contribution in [-0.2, 0) is 30.3 Å². The molecule has 0 aliphatic heterocycles. The minimum Gasteiger partial charge on any atom is -0.508 e. The van der Waals surface area contributed by atoms with Gasteiger partial charge in [-0.3, -0.25) is 9.59 Å². The number of hydrogen-bond donors (Lipinski definition) is 3. The van der Waals surface area contributed by atoms with Crippen LogP contribution in [0, 0.1) is 12.8 Å². The number of amides is 3. The van der Waals surface area contributed by atoms with Gasteiger partial charge in [0.2, 0.25) is 11.8 Å². The number of hydrogen-bond acceptors (Lipinski definition) is 7. The monoisotopic (exact) mass is 625 g/mol. The lowest BCUT2D eigenvalue weighted by Crippen LogP contribution is -2.56. The van der Waals surface area contributed by atoms with E-state index in [1.807, 2.05) is 44.2 Å². The molecule has 248 valence electrons. The summed E-state index contributed by atoms with van der Waals surface area (Å²) in [6, 6.07) is 10.7. The Morgan fingerprint density at radius 1 is 0.889 bits per heavy atom. The van der Waals surface area contributed by atoms with E-state index in [4.69, 9.17) is 9.47 Å². The Morgan fingerprint density at radius 2 is 1.49 bits per heavy atom. The molecule has 10 nitrogen and oxygen atoms in total. The number of carbonyl (C=O) groups excluding carboxylic acids is 4. The zero-order chi connectivity index (χ0) is 34.1. The molecule has 3 N–H and O–H groups in total. The number of phenols is 1. The van der Waals surface area contributed by atoms with E-state index in [1.165, 1.54) is 11.0 Å². The van der Waals surface area contributed by atoms with Crippen molar-refractivity contribution in [2.24, 2.45) is 5.92 Å². The molecular formula is C35H51N3O7. The summed E-state index contributed by atoms with van der Waals surface area (Å²) in [6.07, 6.45) is -0.0125. The molecule has 0 spiro atoms. The van der Waals surface area contributed by atoms with Gasteiger partial charge in [0.1, 0.15) is 35.1 Å². The molecule has 0 fully saturated rings. The largest absolute Gasteiger partial charge is 0.508 e. The average molecular weight is 626 g/mol. The number of alkyl carbamates (subject to hydrolysis) is 1. The van der Waals surface area contributed by atoms with E-state index in [-0.39, 0.29) is 24.6 Å². The van der Waals surface area contributed by atoms with Crippen LogP contribution in [0.5, 0.6) is 5.75 Å². The Labute approximate surface area is 267 Å². The standard InChI is InChI=1S/C35H51N3O7/c1-11-22(3)28(37-33(43)45-35(8,9)10)31(41)38(12-2)29(25-18-19-27(39)23(4)20-25)30(40)36-26(32(42)44-34(5,6)7)21-24-16-14-13-15-17-24/h13-20,22,26,28-29,39H,11-12,21H2,1-10H3,(H,36,40)(H,37,43). The number of nitrogens with one attached hydrogen (secondary N) is 2. The van der Waals surface area contributed by atoms with Crippen molar-refractivity contribution in [3.63, 3.8) is 0 Å². The van der Waals surface area contributed by atoms with E-state index in [2.05, 4.69) is 10.6 Å².